The van der Waals surface area contributed by atoms with Gasteiger partial charge in [0.25, 0.3) is 0 Å². The molecule has 0 saturated heterocycles. The molecule has 0 aliphatic carbocycles. The fourth-order valence-corrected chi connectivity index (χ4v) is 6.26. The Kier molecular flexibility index (Phi) is 44.5. The Labute approximate surface area is 363 Å². The van der Waals surface area contributed by atoms with E-state index in [1.54, 1.807) is 0 Å². The number of hydrogen-bond acceptors (Lipinski definition) is 6. The lowest BCUT2D eigenvalue weighted by atomic mass is 10.1. The van der Waals surface area contributed by atoms with Gasteiger partial charge < -0.3 is 14.2 Å². The molecule has 0 radical (unpaired) electrons. The Hall–Kier alpha value is -3.41. The first-order valence-corrected chi connectivity index (χ1v) is 24.1. The van der Waals surface area contributed by atoms with Gasteiger partial charge in [-0.15, -0.1) is 0 Å². The molecule has 1 unspecified atom stereocenters. The first-order valence-electron chi connectivity index (χ1n) is 24.1. The summed E-state index contributed by atoms with van der Waals surface area (Å²) in [6.45, 7) is 6.37. The molecule has 0 amide bonds. The maximum absolute atomic E-state index is 12.7. The van der Waals surface area contributed by atoms with Crippen LogP contribution in [-0.2, 0) is 28.6 Å². The molecule has 59 heavy (non-hydrogen) atoms. The van der Waals surface area contributed by atoms with E-state index in [-0.39, 0.29) is 31.1 Å². The average molecular weight is 821 g/mol. The maximum Gasteiger partial charge on any atom is 0.306 e. The van der Waals surface area contributed by atoms with Crippen LogP contribution in [0.1, 0.15) is 213 Å². The lowest BCUT2D eigenvalue weighted by Gasteiger charge is -2.18. The standard InChI is InChI=1S/C53H88O6/c1-4-7-10-13-15-17-19-21-22-23-24-25-26-27-28-29-30-32-33-35-37-40-43-46-52(55)58-49-50(48-57-51(54)45-42-39-12-9-6-3)59-53(56)47-44-41-38-36-34-31-20-18-16-14-11-8-5-2/h7,10,15,17-18,20-22,24-25,27-28,30,32,50H,4-6,8-9,11-14,16,19,23,26,29,31,33-49H2,1-3H3/b10-7-,17-15-,20-18-,22-21-,25-24-,28-27-,32-30-. The number of carbonyl (C=O) groups excluding carboxylic acids is 3. The van der Waals surface area contributed by atoms with Gasteiger partial charge >= 0.3 is 17.9 Å². The minimum Gasteiger partial charge on any atom is -0.462 e. The summed E-state index contributed by atoms with van der Waals surface area (Å²) < 4.78 is 16.6. The summed E-state index contributed by atoms with van der Waals surface area (Å²) in [4.78, 5) is 37.5. The molecule has 0 spiro atoms. The topological polar surface area (TPSA) is 78.9 Å². The average Bonchev–Trinajstić information content (AvgIpc) is 3.23. The Morgan fingerprint density at radius 2 is 0.661 bits per heavy atom. The van der Waals surface area contributed by atoms with Crippen molar-refractivity contribution in [3.8, 4) is 0 Å². The predicted octanol–water partition coefficient (Wildman–Crippen LogP) is 15.6. The molecule has 1 atom stereocenters. The zero-order valence-electron chi connectivity index (χ0n) is 38.2. The van der Waals surface area contributed by atoms with Gasteiger partial charge in [0.05, 0.1) is 0 Å². The van der Waals surface area contributed by atoms with Gasteiger partial charge in [-0.1, -0.05) is 183 Å². The molecule has 0 aliphatic rings. The quantitative estimate of drug-likeness (QED) is 0.0264. The first-order chi connectivity index (χ1) is 29.0. The second-order valence-electron chi connectivity index (χ2n) is 15.6. The van der Waals surface area contributed by atoms with Crippen molar-refractivity contribution in [1.82, 2.24) is 0 Å². The Balaban J connectivity index is 4.24. The van der Waals surface area contributed by atoms with Gasteiger partial charge in [-0.2, -0.15) is 0 Å². The highest BCUT2D eigenvalue weighted by Crippen LogP contribution is 2.12. The summed E-state index contributed by atoms with van der Waals surface area (Å²) >= 11 is 0. The molecule has 6 nitrogen and oxygen atoms in total. The first kappa shape index (κ1) is 55.6. The van der Waals surface area contributed by atoms with E-state index < -0.39 is 6.10 Å². The van der Waals surface area contributed by atoms with E-state index in [2.05, 4.69) is 106 Å². The van der Waals surface area contributed by atoms with Crippen LogP contribution in [-0.4, -0.2) is 37.2 Å². The fraction of sp³-hybridized carbons (Fsp3) is 0.679. The Bertz CT molecular complexity index is 1170. The molecule has 0 rings (SSSR count). The highest BCUT2D eigenvalue weighted by molar-refractivity contribution is 5.71. The second kappa shape index (κ2) is 47.3. The maximum atomic E-state index is 12.7. The molecule has 0 aromatic rings. The number of unbranched alkanes of at least 4 members (excludes halogenated alkanes) is 17. The molecular formula is C53H88O6. The molecule has 0 fully saturated rings. The lowest BCUT2D eigenvalue weighted by Crippen LogP contribution is -2.30. The molecule has 0 aromatic heterocycles. The van der Waals surface area contributed by atoms with Gasteiger partial charge in [-0.3, -0.25) is 14.4 Å². The van der Waals surface area contributed by atoms with Crippen LogP contribution in [0, 0.1) is 0 Å². The number of ether oxygens (including phenoxy) is 3. The predicted molar refractivity (Wildman–Crippen MR) is 251 cm³/mol. The van der Waals surface area contributed by atoms with Gasteiger partial charge in [0, 0.05) is 19.3 Å². The van der Waals surface area contributed by atoms with Crippen LogP contribution in [0.2, 0.25) is 0 Å². The summed E-state index contributed by atoms with van der Waals surface area (Å²) in [5.41, 5.74) is 0. The van der Waals surface area contributed by atoms with Gasteiger partial charge in [0.15, 0.2) is 6.10 Å². The monoisotopic (exact) mass is 821 g/mol. The van der Waals surface area contributed by atoms with Crippen LogP contribution in [0.3, 0.4) is 0 Å². The molecule has 0 aliphatic heterocycles. The van der Waals surface area contributed by atoms with Crippen LogP contribution < -0.4 is 0 Å². The van der Waals surface area contributed by atoms with Gasteiger partial charge in [-0.05, 0) is 96.3 Å². The molecule has 0 heterocycles. The van der Waals surface area contributed by atoms with E-state index in [4.69, 9.17) is 14.2 Å². The lowest BCUT2D eigenvalue weighted by molar-refractivity contribution is -0.167. The molecular weight excluding hydrogens is 733 g/mol. The van der Waals surface area contributed by atoms with Crippen molar-refractivity contribution in [1.29, 1.82) is 0 Å². The van der Waals surface area contributed by atoms with Crippen molar-refractivity contribution in [2.45, 2.75) is 219 Å². The van der Waals surface area contributed by atoms with E-state index in [0.717, 1.165) is 128 Å². The molecule has 0 aromatic carbocycles. The molecule has 0 saturated carbocycles. The largest absolute Gasteiger partial charge is 0.462 e. The van der Waals surface area contributed by atoms with Crippen molar-refractivity contribution in [3.63, 3.8) is 0 Å². The van der Waals surface area contributed by atoms with E-state index in [1.165, 1.54) is 44.9 Å². The third kappa shape index (κ3) is 45.5. The van der Waals surface area contributed by atoms with Crippen LogP contribution in [0.15, 0.2) is 85.1 Å². The van der Waals surface area contributed by atoms with Gasteiger partial charge in [-0.25, -0.2) is 0 Å². The number of esters is 3. The van der Waals surface area contributed by atoms with Crippen molar-refractivity contribution in [2.75, 3.05) is 13.2 Å². The minimum absolute atomic E-state index is 0.0897. The second-order valence-corrected chi connectivity index (χ2v) is 15.6. The van der Waals surface area contributed by atoms with E-state index in [9.17, 15) is 14.4 Å². The summed E-state index contributed by atoms with van der Waals surface area (Å²) in [5.74, 6) is -0.944. The number of allylic oxidation sites excluding steroid dienone is 14. The summed E-state index contributed by atoms with van der Waals surface area (Å²) in [5, 5.41) is 0. The number of rotatable bonds is 42. The molecule has 0 bridgehead atoms. The smallest absolute Gasteiger partial charge is 0.306 e. The van der Waals surface area contributed by atoms with E-state index in [0.29, 0.717) is 19.3 Å². The molecule has 0 N–H and O–H groups in total. The zero-order chi connectivity index (χ0) is 43.0. The zero-order valence-corrected chi connectivity index (χ0v) is 38.2. The highest BCUT2D eigenvalue weighted by Gasteiger charge is 2.19. The van der Waals surface area contributed by atoms with E-state index >= 15 is 0 Å². The van der Waals surface area contributed by atoms with Crippen LogP contribution in [0.25, 0.3) is 0 Å². The summed E-state index contributed by atoms with van der Waals surface area (Å²) in [7, 11) is 0. The van der Waals surface area contributed by atoms with Crippen LogP contribution >= 0.6 is 0 Å². The van der Waals surface area contributed by atoms with Crippen LogP contribution in [0.5, 0.6) is 0 Å². The van der Waals surface area contributed by atoms with E-state index in [1.807, 2.05) is 0 Å². The van der Waals surface area contributed by atoms with Gasteiger partial charge in [0.1, 0.15) is 13.2 Å². The minimum atomic E-state index is -0.786. The fourth-order valence-electron chi connectivity index (χ4n) is 6.26. The van der Waals surface area contributed by atoms with Crippen molar-refractivity contribution >= 4 is 17.9 Å². The molecule has 336 valence electrons. The SMILES string of the molecule is CC/C=C\C/C=C\C/C=C\C/C=C\C/C=C\C/C=C\CCCCCCC(=O)OCC(COC(=O)CCCCCCC)OC(=O)CCCCCCC/C=C\CCCCCC. The summed E-state index contributed by atoms with van der Waals surface area (Å²) in [6, 6.07) is 0. The van der Waals surface area contributed by atoms with Crippen LogP contribution in [0.4, 0.5) is 0 Å². The van der Waals surface area contributed by atoms with Crippen molar-refractivity contribution < 1.29 is 28.6 Å². The normalized spacial score (nSPS) is 12.8. The third-order valence-corrected chi connectivity index (χ3v) is 9.88. The van der Waals surface area contributed by atoms with Crippen molar-refractivity contribution in [3.05, 3.63) is 85.1 Å². The van der Waals surface area contributed by atoms with Gasteiger partial charge in [0.2, 0.25) is 0 Å². The third-order valence-electron chi connectivity index (χ3n) is 9.88. The summed E-state index contributed by atoms with van der Waals surface area (Å²) in [6.07, 6.45) is 60.3. The Morgan fingerprint density at radius 1 is 0.356 bits per heavy atom. The highest BCUT2D eigenvalue weighted by atomic mass is 16.6. The molecule has 6 heteroatoms. The number of hydrogen-bond donors (Lipinski definition) is 0. The van der Waals surface area contributed by atoms with Crippen molar-refractivity contribution in [2.24, 2.45) is 0 Å². The number of carbonyl (C=O) groups is 3. The Morgan fingerprint density at radius 3 is 1.07 bits per heavy atom.